The van der Waals surface area contributed by atoms with E-state index in [1.165, 1.54) is 4.90 Å². The van der Waals surface area contributed by atoms with Crippen LogP contribution in [0.25, 0.3) is 0 Å². The molecule has 2 aromatic rings. The lowest BCUT2D eigenvalue weighted by Crippen LogP contribution is -2.21. The maximum Gasteiger partial charge on any atom is 0.0698 e. The van der Waals surface area contributed by atoms with Gasteiger partial charge in [-0.2, -0.15) is 0 Å². The van der Waals surface area contributed by atoms with Gasteiger partial charge in [-0.1, -0.05) is 60.3 Å². The molecule has 2 rings (SSSR count). The number of hydrogen-bond acceptors (Lipinski definition) is 4. The van der Waals surface area contributed by atoms with Crippen LogP contribution < -0.4 is 0 Å². The molecule has 0 aliphatic carbocycles. The van der Waals surface area contributed by atoms with Crippen molar-refractivity contribution in [2.75, 3.05) is 13.2 Å². The Labute approximate surface area is 171 Å². The molecule has 0 saturated heterocycles. The molecule has 0 amide bonds. The lowest BCUT2D eigenvalue weighted by molar-refractivity contribution is 0.112. The Morgan fingerprint density at radius 3 is 2.30 bits per heavy atom. The zero-order chi connectivity index (χ0) is 19.2. The van der Waals surface area contributed by atoms with Gasteiger partial charge in [0.2, 0.25) is 0 Å². The van der Waals surface area contributed by atoms with Crippen molar-refractivity contribution in [3.63, 3.8) is 0 Å². The highest BCUT2D eigenvalue weighted by molar-refractivity contribution is 8.02. The van der Waals surface area contributed by atoms with E-state index in [0.717, 1.165) is 24.2 Å². The molecular formula is C23H28O2S2. The van der Waals surface area contributed by atoms with Gasteiger partial charge in [-0.3, -0.25) is 0 Å². The maximum absolute atomic E-state index is 10.7. The molecule has 2 nitrogen and oxygen atoms in total. The van der Waals surface area contributed by atoms with Crippen molar-refractivity contribution in [3.8, 4) is 0 Å². The van der Waals surface area contributed by atoms with Crippen molar-refractivity contribution in [2.24, 2.45) is 0 Å². The Morgan fingerprint density at radius 2 is 1.63 bits per heavy atom. The van der Waals surface area contributed by atoms with Crippen LogP contribution in [0.1, 0.15) is 19.3 Å². The highest BCUT2D eigenvalue weighted by Gasteiger charge is 2.17. The first-order chi connectivity index (χ1) is 13.3. The third-order valence-electron chi connectivity index (χ3n) is 3.87. The van der Waals surface area contributed by atoms with Gasteiger partial charge in [-0.15, -0.1) is 18.3 Å². The summed E-state index contributed by atoms with van der Waals surface area (Å²) in [5.41, 5.74) is 0. The third-order valence-corrected chi connectivity index (χ3v) is 5.99. The minimum Gasteiger partial charge on any atom is -0.392 e. The Hall–Kier alpha value is -1.46. The summed E-state index contributed by atoms with van der Waals surface area (Å²) in [6, 6.07) is 20.5. The van der Waals surface area contributed by atoms with Crippen molar-refractivity contribution in [3.05, 3.63) is 84.8 Å². The summed E-state index contributed by atoms with van der Waals surface area (Å²) in [7, 11) is 0. The van der Waals surface area contributed by atoms with Gasteiger partial charge in [0.05, 0.1) is 11.4 Å². The molecule has 0 bridgehead atoms. The molecule has 0 saturated carbocycles. The molecule has 2 atom stereocenters. The number of rotatable bonds is 13. The topological polar surface area (TPSA) is 29.5 Å². The fourth-order valence-electron chi connectivity index (χ4n) is 2.42. The second-order valence-corrected chi connectivity index (χ2v) is 8.28. The first-order valence-corrected chi connectivity index (χ1v) is 11.0. The number of aliphatic hydroxyl groups is 1. The van der Waals surface area contributed by atoms with Gasteiger partial charge in [0.25, 0.3) is 0 Å². The summed E-state index contributed by atoms with van der Waals surface area (Å²) in [5.74, 6) is 0. The number of aliphatic hydroxyl groups excluding tert-OH is 1. The molecule has 144 valence electrons. The SMILES string of the molecule is C=CCCOCCCC(O)C(/C=C\Sc1ccccc1)Sc1ccccc1. The van der Waals surface area contributed by atoms with Gasteiger partial charge < -0.3 is 9.84 Å². The lowest BCUT2D eigenvalue weighted by Gasteiger charge is -2.19. The average molecular weight is 401 g/mol. The van der Waals surface area contributed by atoms with Gasteiger partial charge in [0, 0.05) is 23.0 Å². The van der Waals surface area contributed by atoms with E-state index in [9.17, 15) is 5.11 Å². The van der Waals surface area contributed by atoms with Crippen LogP contribution in [0.15, 0.2) is 94.6 Å². The maximum atomic E-state index is 10.7. The van der Waals surface area contributed by atoms with E-state index in [1.807, 2.05) is 42.5 Å². The van der Waals surface area contributed by atoms with Crippen LogP contribution >= 0.6 is 23.5 Å². The largest absolute Gasteiger partial charge is 0.392 e. The Morgan fingerprint density at radius 1 is 0.963 bits per heavy atom. The molecular weight excluding hydrogens is 372 g/mol. The third kappa shape index (κ3) is 9.34. The quantitative estimate of drug-likeness (QED) is 0.247. The first-order valence-electron chi connectivity index (χ1n) is 9.26. The smallest absolute Gasteiger partial charge is 0.0698 e. The minimum atomic E-state index is -0.411. The van der Waals surface area contributed by atoms with Crippen LogP contribution in [-0.4, -0.2) is 29.7 Å². The van der Waals surface area contributed by atoms with Crippen molar-refractivity contribution in [1.29, 1.82) is 0 Å². The summed E-state index contributed by atoms with van der Waals surface area (Å²) in [6.07, 6.45) is 6.00. The summed E-state index contributed by atoms with van der Waals surface area (Å²) in [6.45, 7) is 5.07. The van der Waals surface area contributed by atoms with Crippen LogP contribution in [0.4, 0.5) is 0 Å². The Kier molecular flexibility index (Phi) is 11.1. The number of benzene rings is 2. The fourth-order valence-corrected chi connectivity index (χ4v) is 4.32. The van der Waals surface area contributed by atoms with Crippen molar-refractivity contribution in [1.82, 2.24) is 0 Å². The van der Waals surface area contributed by atoms with Gasteiger partial charge in [-0.05, 0) is 48.9 Å². The van der Waals surface area contributed by atoms with Crippen LogP contribution in [-0.2, 0) is 4.74 Å². The van der Waals surface area contributed by atoms with Crippen LogP contribution in [0, 0.1) is 0 Å². The predicted molar refractivity (Wildman–Crippen MR) is 118 cm³/mol. The first kappa shape index (κ1) is 21.8. The summed E-state index contributed by atoms with van der Waals surface area (Å²) >= 11 is 3.37. The standard InChI is InChI=1S/C23H28O2S2/c1-2-3-17-25-18-10-15-22(24)23(27-21-13-8-5-9-14-21)16-19-26-20-11-6-4-7-12-20/h2,4-9,11-14,16,19,22-24H,1,3,10,15,17-18H2/b19-16-. The van der Waals surface area contributed by atoms with E-state index in [4.69, 9.17) is 4.74 Å². The van der Waals surface area contributed by atoms with Crippen LogP contribution in [0.5, 0.6) is 0 Å². The molecule has 0 aliphatic rings. The van der Waals surface area contributed by atoms with Gasteiger partial charge >= 0.3 is 0 Å². The monoisotopic (exact) mass is 400 g/mol. The van der Waals surface area contributed by atoms with E-state index in [2.05, 4.69) is 42.3 Å². The second-order valence-electron chi connectivity index (χ2n) is 6.05. The molecule has 0 aliphatic heterocycles. The average Bonchev–Trinajstić information content (AvgIpc) is 2.71. The minimum absolute atomic E-state index is 0.0109. The van der Waals surface area contributed by atoms with Gasteiger partial charge in [0.15, 0.2) is 0 Å². The van der Waals surface area contributed by atoms with Crippen LogP contribution in [0.3, 0.4) is 0 Å². The molecule has 0 aromatic heterocycles. The molecule has 0 spiro atoms. The summed E-state index contributed by atoms with van der Waals surface area (Å²) in [5, 5.41) is 12.8. The highest BCUT2D eigenvalue weighted by Crippen LogP contribution is 2.29. The number of hydrogen-bond donors (Lipinski definition) is 1. The van der Waals surface area contributed by atoms with E-state index < -0.39 is 6.10 Å². The van der Waals surface area contributed by atoms with Crippen molar-refractivity contribution < 1.29 is 9.84 Å². The van der Waals surface area contributed by atoms with E-state index in [1.54, 1.807) is 23.5 Å². The summed E-state index contributed by atoms with van der Waals surface area (Å²) < 4.78 is 5.55. The van der Waals surface area contributed by atoms with Crippen molar-refractivity contribution >= 4 is 23.5 Å². The molecule has 0 radical (unpaired) electrons. The van der Waals surface area contributed by atoms with Crippen molar-refractivity contribution in [2.45, 2.75) is 40.4 Å². The molecule has 2 unspecified atom stereocenters. The predicted octanol–water partition coefficient (Wildman–Crippen LogP) is 6.19. The molecule has 0 fully saturated rings. The normalized spacial score (nSPS) is 13.5. The van der Waals surface area contributed by atoms with Gasteiger partial charge in [-0.25, -0.2) is 0 Å². The zero-order valence-electron chi connectivity index (χ0n) is 15.6. The molecule has 0 heterocycles. The lowest BCUT2D eigenvalue weighted by atomic mass is 10.1. The molecule has 1 N–H and O–H groups in total. The van der Waals surface area contributed by atoms with E-state index in [0.29, 0.717) is 13.2 Å². The van der Waals surface area contributed by atoms with E-state index >= 15 is 0 Å². The molecule has 27 heavy (non-hydrogen) atoms. The number of thioether (sulfide) groups is 2. The Bertz CT molecular complexity index is 659. The molecule has 4 heteroatoms. The van der Waals surface area contributed by atoms with Gasteiger partial charge in [0.1, 0.15) is 0 Å². The Balaban J connectivity index is 1.88. The highest BCUT2D eigenvalue weighted by atomic mass is 32.2. The van der Waals surface area contributed by atoms with E-state index in [-0.39, 0.29) is 5.25 Å². The molecule has 2 aromatic carbocycles. The second kappa shape index (κ2) is 13.7. The number of ether oxygens (including phenoxy) is 1. The fraction of sp³-hybridized carbons (Fsp3) is 0.304. The van der Waals surface area contributed by atoms with Crippen LogP contribution in [0.2, 0.25) is 0 Å². The zero-order valence-corrected chi connectivity index (χ0v) is 17.2. The summed E-state index contributed by atoms with van der Waals surface area (Å²) in [4.78, 5) is 2.36.